The molecule has 1 spiro atoms. The molecule has 4 N–H and O–H groups in total. The summed E-state index contributed by atoms with van der Waals surface area (Å²) in [6, 6.07) is -11.4. The van der Waals surface area contributed by atoms with Crippen molar-refractivity contribution in [2.75, 3.05) is 82.1 Å². The Kier molecular flexibility index (Phi) is 29.6. The standard InChI is InChI=1S/C72H110F8N12O13/c1-12-41(4)59-63(98)81-38-57(95)88(9)51-23-16-15-19-32-91(67(51)102)54(35-42-24-27-45(28-25-42)71(75,76)77)66(101)86(7)40-55(93)82-49(29-26-43-33-47(73)58(48(74)34-43)72(78,79)80)64(99)92-39-46(105-14-3)36-52(92)62(97)84-70(30-20-31-70)69(104)90(11)60(44-21-17-18-22-44)68(103)89(10)53(65(100)85(5)6)37-56(94)87(8)50(13-2)61(96)83-59/h15-16,41-54,58-60H,12-14,17-40H2,1-11H3,(H,81,98)(H,82,93)(H,83,96)(H,84,97)/b16-15-/t41-,42?,43?,45?,46+,47?,48?,49-,50-,51-,52-,53-,54-,58?,59-,60-/m0/s1. The van der Waals surface area contributed by atoms with Crippen molar-refractivity contribution in [3.05, 3.63) is 12.2 Å². The molecule has 2 unspecified atom stereocenters. The van der Waals surface area contributed by atoms with Gasteiger partial charge in [-0.15, -0.1) is 0 Å². The third-order valence-corrected chi connectivity index (χ3v) is 23.3. The predicted molar refractivity (Wildman–Crippen MR) is 367 cm³/mol. The summed E-state index contributed by atoms with van der Waals surface area (Å²) in [5.41, 5.74) is -1.69. The Morgan fingerprint density at radius 3 is 1.87 bits per heavy atom. The lowest BCUT2D eigenvalue weighted by Gasteiger charge is -2.46. The highest BCUT2D eigenvalue weighted by Gasteiger charge is 2.56. The normalized spacial score (nSPS) is 32.4. The Morgan fingerprint density at radius 1 is 0.667 bits per heavy atom. The van der Waals surface area contributed by atoms with Gasteiger partial charge in [-0.1, -0.05) is 52.2 Å². The first-order valence-electron chi connectivity index (χ1n) is 37.3. The number of alkyl halides is 8. The van der Waals surface area contributed by atoms with Gasteiger partial charge in [0.1, 0.15) is 72.1 Å². The zero-order chi connectivity index (χ0) is 77.9. The van der Waals surface area contributed by atoms with Gasteiger partial charge in [0.25, 0.3) is 0 Å². The average Bonchev–Trinajstić information content (AvgIpc) is 1.66. The molecule has 4 saturated carbocycles. The van der Waals surface area contributed by atoms with Crippen molar-refractivity contribution in [1.82, 2.24) is 60.5 Å². The number of rotatable bonds is 12. The molecule has 105 heavy (non-hydrogen) atoms. The zero-order valence-corrected chi connectivity index (χ0v) is 62.5. The predicted octanol–water partition coefficient (Wildman–Crippen LogP) is 5.37. The van der Waals surface area contributed by atoms with Crippen LogP contribution in [0.15, 0.2) is 12.2 Å². The summed E-state index contributed by atoms with van der Waals surface area (Å²) >= 11 is 0. The first-order valence-corrected chi connectivity index (χ1v) is 37.3. The Morgan fingerprint density at radius 2 is 1.30 bits per heavy atom. The van der Waals surface area contributed by atoms with Crippen molar-refractivity contribution < 1.29 is 97.4 Å². The van der Waals surface area contributed by atoms with E-state index >= 15 is 37.5 Å². The molecular formula is C72H110F8N12O13. The van der Waals surface area contributed by atoms with Gasteiger partial charge in [0.05, 0.1) is 31.5 Å². The van der Waals surface area contributed by atoms with Gasteiger partial charge in [-0.25, -0.2) is 8.78 Å². The van der Waals surface area contributed by atoms with Crippen LogP contribution in [0.2, 0.25) is 0 Å². The summed E-state index contributed by atoms with van der Waals surface area (Å²) in [4.78, 5) is 188. The highest BCUT2D eigenvalue weighted by Crippen LogP contribution is 2.46. The maximum atomic E-state index is 15.5. The van der Waals surface area contributed by atoms with Crippen molar-refractivity contribution in [3.8, 4) is 0 Å². The number of nitrogens with one attached hydrogen (secondary N) is 4. The van der Waals surface area contributed by atoms with Crippen molar-refractivity contribution >= 4 is 70.9 Å². The molecule has 3 aliphatic heterocycles. The smallest absolute Gasteiger partial charge is 0.377 e. The number of fused-ring (bicyclic) bond motifs is 3. The van der Waals surface area contributed by atoms with Crippen LogP contribution in [0.25, 0.3) is 0 Å². The lowest BCUT2D eigenvalue weighted by molar-refractivity contribution is -0.219. The van der Waals surface area contributed by atoms with E-state index in [1.807, 2.05) is 0 Å². The van der Waals surface area contributed by atoms with E-state index < -0.39 is 230 Å². The lowest BCUT2D eigenvalue weighted by atomic mass is 9.74. The Hall–Kier alpha value is -7.22. The van der Waals surface area contributed by atoms with E-state index in [4.69, 9.17) is 4.74 Å². The van der Waals surface area contributed by atoms with Crippen molar-refractivity contribution in [3.63, 3.8) is 0 Å². The fourth-order valence-electron chi connectivity index (χ4n) is 16.5. The van der Waals surface area contributed by atoms with E-state index in [0.717, 1.165) is 24.5 Å². The summed E-state index contributed by atoms with van der Waals surface area (Å²) in [5.74, 6) is -17.0. The Bertz CT molecular complexity index is 3130. The van der Waals surface area contributed by atoms with Crippen molar-refractivity contribution in [1.29, 1.82) is 0 Å². The van der Waals surface area contributed by atoms with Crippen LogP contribution in [-0.4, -0.2) is 277 Å². The van der Waals surface area contributed by atoms with Gasteiger partial charge in [0.15, 0.2) is 0 Å². The third kappa shape index (κ3) is 20.5. The second kappa shape index (κ2) is 36.6. The number of amides is 12. The maximum absolute atomic E-state index is 15.5. The van der Waals surface area contributed by atoms with Crippen LogP contribution in [0.5, 0.6) is 0 Å². The fraction of sp³-hybridized carbons (Fsp3) is 0.806. The molecule has 0 radical (unpaired) electrons. The quantitative estimate of drug-likeness (QED) is 0.141. The minimum Gasteiger partial charge on any atom is -0.377 e. The summed E-state index contributed by atoms with van der Waals surface area (Å²) < 4.78 is 121. The largest absolute Gasteiger partial charge is 0.397 e. The number of hydrogen-bond donors (Lipinski definition) is 4. The average molecular weight is 1500 g/mol. The van der Waals surface area contributed by atoms with Crippen LogP contribution in [0, 0.1) is 35.5 Å². The molecule has 592 valence electrons. The van der Waals surface area contributed by atoms with Crippen molar-refractivity contribution in [2.45, 2.75) is 254 Å². The van der Waals surface area contributed by atoms with E-state index in [9.17, 15) is 55.1 Å². The van der Waals surface area contributed by atoms with Gasteiger partial charge in [0, 0.05) is 75.5 Å². The molecule has 0 aromatic rings. The van der Waals surface area contributed by atoms with Crippen LogP contribution < -0.4 is 21.3 Å². The molecule has 2 bridgehead atoms. The van der Waals surface area contributed by atoms with Gasteiger partial charge in [0.2, 0.25) is 70.9 Å². The second-order valence-corrected chi connectivity index (χ2v) is 30.5. The van der Waals surface area contributed by atoms with Gasteiger partial charge < -0.3 is 65.2 Å². The molecule has 0 aromatic carbocycles. The lowest BCUT2D eigenvalue weighted by Crippen LogP contribution is -2.68. The third-order valence-electron chi connectivity index (χ3n) is 23.3. The van der Waals surface area contributed by atoms with Crippen LogP contribution >= 0.6 is 0 Å². The molecule has 7 rings (SSSR count). The van der Waals surface area contributed by atoms with E-state index in [0.29, 0.717) is 38.5 Å². The molecule has 7 aliphatic rings. The molecule has 6 fully saturated rings. The molecule has 4 aliphatic carbocycles. The van der Waals surface area contributed by atoms with Gasteiger partial charge in [-0.05, 0) is 140 Å². The summed E-state index contributed by atoms with van der Waals surface area (Å²) in [6.07, 6.45) is -13.3. The number of ether oxygens (including phenoxy) is 1. The Balaban J connectivity index is 1.30. The number of halogens is 8. The van der Waals surface area contributed by atoms with Crippen LogP contribution in [0.1, 0.15) is 169 Å². The van der Waals surface area contributed by atoms with Gasteiger partial charge in [-0.3, -0.25) is 57.5 Å². The summed E-state index contributed by atoms with van der Waals surface area (Å²) in [7, 11) is 9.43. The van der Waals surface area contributed by atoms with Crippen LogP contribution in [-0.2, 0) is 62.3 Å². The first-order chi connectivity index (χ1) is 49.3. The molecule has 0 aromatic heterocycles. The van der Waals surface area contributed by atoms with E-state index in [2.05, 4.69) is 21.3 Å². The van der Waals surface area contributed by atoms with Crippen molar-refractivity contribution in [2.24, 2.45) is 35.5 Å². The number of carbonyl (C=O) groups is 12. The number of nitrogens with zero attached hydrogens (tertiary/aromatic N) is 8. The summed E-state index contributed by atoms with van der Waals surface area (Å²) in [5, 5.41) is 10.9. The molecule has 33 heteroatoms. The molecule has 25 nitrogen and oxygen atoms in total. The number of carbonyl (C=O) groups excluding carboxylic acids is 12. The van der Waals surface area contributed by atoms with E-state index in [1.54, 1.807) is 39.8 Å². The molecule has 3 heterocycles. The van der Waals surface area contributed by atoms with E-state index in [1.165, 1.54) is 64.0 Å². The number of likely N-dealkylation sites (N-methyl/N-ethyl adjacent to an activating group) is 6. The highest BCUT2D eigenvalue weighted by atomic mass is 19.4. The molecule has 12 amide bonds. The molecular weight excluding hydrogens is 1390 g/mol. The monoisotopic (exact) mass is 1500 g/mol. The second-order valence-electron chi connectivity index (χ2n) is 30.5. The van der Waals surface area contributed by atoms with E-state index in [-0.39, 0.29) is 96.7 Å². The zero-order valence-electron chi connectivity index (χ0n) is 62.5. The topological polar surface area (TPSA) is 288 Å². The first kappa shape index (κ1) is 85.0. The van der Waals surface area contributed by atoms with Crippen LogP contribution in [0.3, 0.4) is 0 Å². The molecule has 2 saturated heterocycles. The SMILES string of the molecule is CCO[C@@H]1C[C@H]2C(=O)NC3(CCC3)C(=O)N(C)[C@@H](C3CCCC3)C(=O)N(C)[C@H](C(=O)N(C)C)CC(=O)N(C)[C@@H](CC)C(=O)N[C@@H]([C@@H](C)CC)C(=O)NCC(=O)N(C)[C@H]3C/C=C\CCN(C3=O)[C@@H](CC3CCC(C(F)(F)F)CC3)C(=O)N(C)CC(=O)N[C@@H](CCC3CC(F)C(C(F)(F)F)C(F)C3)C(=O)N2C1. The van der Waals surface area contributed by atoms with Gasteiger partial charge >= 0.3 is 12.4 Å². The maximum Gasteiger partial charge on any atom is 0.397 e. The molecule has 12 atom stereocenters. The highest BCUT2D eigenvalue weighted by molar-refractivity contribution is 6.01. The fourth-order valence-corrected chi connectivity index (χ4v) is 16.5. The summed E-state index contributed by atoms with van der Waals surface area (Å²) in [6.45, 7) is 4.73. The number of hydrogen-bond acceptors (Lipinski definition) is 13. The minimum atomic E-state index is -5.22. The van der Waals surface area contributed by atoms with Crippen LogP contribution in [0.4, 0.5) is 35.1 Å². The minimum absolute atomic E-state index is 0.00502. The Labute approximate surface area is 610 Å². The van der Waals surface area contributed by atoms with Gasteiger partial charge in [-0.2, -0.15) is 26.3 Å².